The Morgan fingerprint density at radius 1 is 1.14 bits per heavy atom. The van der Waals surface area contributed by atoms with Gasteiger partial charge in [-0.2, -0.15) is 0 Å². The van der Waals surface area contributed by atoms with E-state index in [4.69, 9.17) is 9.47 Å². The minimum atomic E-state index is 0.503. The van der Waals surface area contributed by atoms with E-state index in [9.17, 15) is 0 Å². The van der Waals surface area contributed by atoms with Gasteiger partial charge in [-0.05, 0) is 14.0 Å². The van der Waals surface area contributed by atoms with Crippen LogP contribution in [-0.4, -0.2) is 65.1 Å². The Hall–Kier alpha value is -0.160. The Bertz CT molecular complexity index is 115. The Morgan fingerprint density at radius 3 is 2.00 bits per heavy atom. The zero-order chi connectivity index (χ0) is 10.8. The zero-order valence-electron chi connectivity index (χ0n) is 9.88. The summed E-state index contributed by atoms with van der Waals surface area (Å²) in [5, 5.41) is 3.22. The summed E-state index contributed by atoms with van der Waals surface area (Å²) >= 11 is 0. The summed E-state index contributed by atoms with van der Waals surface area (Å²) in [6, 6.07) is 0.503. The first-order chi connectivity index (χ1) is 6.74. The van der Waals surface area contributed by atoms with E-state index < -0.39 is 0 Å². The minimum absolute atomic E-state index is 0.503. The van der Waals surface area contributed by atoms with Crippen molar-refractivity contribution in [2.45, 2.75) is 13.0 Å². The predicted octanol–water partition coefficient (Wildman–Crippen LogP) is 0.189. The fraction of sp³-hybridized carbons (Fsp3) is 1.00. The third kappa shape index (κ3) is 7.26. The topological polar surface area (TPSA) is 33.7 Å². The molecule has 0 radical (unpaired) electrons. The summed E-state index contributed by atoms with van der Waals surface area (Å²) < 4.78 is 10.1. The van der Waals surface area contributed by atoms with Crippen LogP contribution >= 0.6 is 0 Å². The van der Waals surface area contributed by atoms with Gasteiger partial charge >= 0.3 is 0 Å². The molecule has 86 valence electrons. The van der Waals surface area contributed by atoms with Crippen LogP contribution in [0.2, 0.25) is 0 Å². The normalized spacial score (nSPS) is 13.5. The molecule has 0 bridgehead atoms. The van der Waals surface area contributed by atoms with Crippen LogP contribution in [0.25, 0.3) is 0 Å². The lowest BCUT2D eigenvalue weighted by atomic mass is 10.3. The average molecular weight is 204 g/mol. The van der Waals surface area contributed by atoms with E-state index in [2.05, 4.69) is 17.1 Å². The molecule has 1 N–H and O–H groups in total. The first kappa shape index (κ1) is 13.8. The van der Waals surface area contributed by atoms with Crippen LogP contribution in [0, 0.1) is 0 Å². The van der Waals surface area contributed by atoms with Crippen molar-refractivity contribution in [3.05, 3.63) is 0 Å². The molecule has 0 aromatic heterocycles. The van der Waals surface area contributed by atoms with Gasteiger partial charge in [-0.3, -0.25) is 4.90 Å². The Labute approximate surface area is 87.6 Å². The highest BCUT2D eigenvalue weighted by atomic mass is 16.5. The maximum atomic E-state index is 5.06. The Morgan fingerprint density at radius 2 is 1.64 bits per heavy atom. The molecule has 1 unspecified atom stereocenters. The Balaban J connectivity index is 3.71. The van der Waals surface area contributed by atoms with Crippen LogP contribution in [-0.2, 0) is 9.47 Å². The number of rotatable bonds is 9. The number of methoxy groups -OCH3 is 2. The second kappa shape index (κ2) is 9.40. The zero-order valence-corrected chi connectivity index (χ0v) is 9.88. The van der Waals surface area contributed by atoms with Crippen LogP contribution in [0.4, 0.5) is 0 Å². The van der Waals surface area contributed by atoms with Gasteiger partial charge in [0.2, 0.25) is 0 Å². The van der Waals surface area contributed by atoms with E-state index in [1.54, 1.807) is 14.2 Å². The first-order valence-electron chi connectivity index (χ1n) is 5.12. The van der Waals surface area contributed by atoms with Gasteiger partial charge in [-0.1, -0.05) is 0 Å². The SMILES string of the molecule is CNC(C)CN(CCOC)CCOC. The average Bonchev–Trinajstić information content (AvgIpc) is 2.21. The highest BCUT2D eigenvalue weighted by Crippen LogP contribution is 1.92. The number of ether oxygens (including phenoxy) is 2. The van der Waals surface area contributed by atoms with Crippen molar-refractivity contribution < 1.29 is 9.47 Å². The second-order valence-electron chi connectivity index (χ2n) is 3.48. The van der Waals surface area contributed by atoms with Gasteiger partial charge in [-0.25, -0.2) is 0 Å². The molecule has 0 aromatic carbocycles. The van der Waals surface area contributed by atoms with Crippen molar-refractivity contribution in [3.63, 3.8) is 0 Å². The molecule has 0 saturated carbocycles. The van der Waals surface area contributed by atoms with E-state index in [1.807, 2.05) is 7.05 Å². The summed E-state index contributed by atoms with van der Waals surface area (Å²) in [5.41, 5.74) is 0. The van der Waals surface area contributed by atoms with Crippen molar-refractivity contribution in [2.24, 2.45) is 0 Å². The largest absolute Gasteiger partial charge is 0.383 e. The molecule has 0 aliphatic carbocycles. The van der Waals surface area contributed by atoms with Gasteiger partial charge in [0.1, 0.15) is 0 Å². The van der Waals surface area contributed by atoms with Crippen LogP contribution in [0.15, 0.2) is 0 Å². The summed E-state index contributed by atoms with van der Waals surface area (Å²) in [5.74, 6) is 0. The number of hydrogen-bond donors (Lipinski definition) is 1. The smallest absolute Gasteiger partial charge is 0.0589 e. The fourth-order valence-electron chi connectivity index (χ4n) is 1.21. The number of hydrogen-bond acceptors (Lipinski definition) is 4. The molecule has 4 heteroatoms. The monoisotopic (exact) mass is 204 g/mol. The minimum Gasteiger partial charge on any atom is -0.383 e. The van der Waals surface area contributed by atoms with Crippen molar-refractivity contribution in [1.29, 1.82) is 0 Å². The number of nitrogens with one attached hydrogen (secondary N) is 1. The van der Waals surface area contributed by atoms with Gasteiger partial charge < -0.3 is 14.8 Å². The quantitative estimate of drug-likeness (QED) is 0.581. The fourth-order valence-corrected chi connectivity index (χ4v) is 1.21. The van der Waals surface area contributed by atoms with Crippen LogP contribution in [0.1, 0.15) is 6.92 Å². The third-order valence-corrected chi connectivity index (χ3v) is 2.25. The molecule has 0 rings (SSSR count). The Kier molecular flexibility index (Phi) is 9.29. The number of nitrogens with zero attached hydrogens (tertiary/aromatic N) is 1. The van der Waals surface area contributed by atoms with E-state index >= 15 is 0 Å². The summed E-state index contributed by atoms with van der Waals surface area (Å²) in [7, 11) is 5.45. The lowest BCUT2D eigenvalue weighted by Gasteiger charge is -2.24. The molecule has 0 aliphatic heterocycles. The summed E-state index contributed by atoms with van der Waals surface area (Å²) in [4.78, 5) is 2.34. The van der Waals surface area contributed by atoms with Crippen molar-refractivity contribution >= 4 is 0 Å². The van der Waals surface area contributed by atoms with E-state index in [0.29, 0.717) is 6.04 Å². The van der Waals surface area contributed by atoms with Crippen molar-refractivity contribution in [3.8, 4) is 0 Å². The van der Waals surface area contributed by atoms with Crippen molar-refractivity contribution in [1.82, 2.24) is 10.2 Å². The van der Waals surface area contributed by atoms with E-state index in [1.165, 1.54) is 0 Å². The molecule has 1 atom stereocenters. The first-order valence-corrected chi connectivity index (χ1v) is 5.12. The van der Waals surface area contributed by atoms with E-state index in [0.717, 1.165) is 32.8 Å². The standard InChI is InChI=1S/C10H24N2O2/c1-10(11-2)9-12(5-7-13-3)6-8-14-4/h10-11H,5-9H2,1-4H3. The summed E-state index contributed by atoms with van der Waals surface area (Å²) in [6.45, 7) is 6.69. The molecule has 0 spiro atoms. The highest BCUT2D eigenvalue weighted by Gasteiger charge is 2.07. The lowest BCUT2D eigenvalue weighted by molar-refractivity contribution is 0.109. The van der Waals surface area contributed by atoms with Gasteiger partial charge in [-0.15, -0.1) is 0 Å². The van der Waals surface area contributed by atoms with Crippen LogP contribution < -0.4 is 5.32 Å². The molecule has 4 nitrogen and oxygen atoms in total. The molecule has 14 heavy (non-hydrogen) atoms. The molecule has 0 amide bonds. The molecule has 0 fully saturated rings. The molecular formula is C10H24N2O2. The molecule has 0 heterocycles. The maximum Gasteiger partial charge on any atom is 0.0589 e. The highest BCUT2D eigenvalue weighted by molar-refractivity contribution is 4.65. The van der Waals surface area contributed by atoms with Gasteiger partial charge in [0.25, 0.3) is 0 Å². The maximum absolute atomic E-state index is 5.06. The van der Waals surface area contributed by atoms with Gasteiger partial charge in [0.15, 0.2) is 0 Å². The lowest BCUT2D eigenvalue weighted by Crippen LogP contribution is -2.40. The van der Waals surface area contributed by atoms with E-state index in [-0.39, 0.29) is 0 Å². The molecule has 0 aromatic rings. The van der Waals surface area contributed by atoms with Crippen LogP contribution in [0.5, 0.6) is 0 Å². The summed E-state index contributed by atoms with van der Waals surface area (Å²) in [6.07, 6.45) is 0. The van der Waals surface area contributed by atoms with Crippen molar-refractivity contribution in [2.75, 3.05) is 54.1 Å². The molecule has 0 aliphatic rings. The van der Waals surface area contributed by atoms with Gasteiger partial charge in [0.05, 0.1) is 13.2 Å². The van der Waals surface area contributed by atoms with Crippen LogP contribution in [0.3, 0.4) is 0 Å². The second-order valence-corrected chi connectivity index (χ2v) is 3.48. The third-order valence-electron chi connectivity index (χ3n) is 2.25. The number of likely N-dealkylation sites (N-methyl/N-ethyl adjacent to an activating group) is 1. The molecular weight excluding hydrogens is 180 g/mol. The van der Waals surface area contributed by atoms with Gasteiger partial charge in [0, 0.05) is 39.9 Å². The predicted molar refractivity (Wildman–Crippen MR) is 58.7 cm³/mol. The molecule has 0 saturated heterocycles.